The zero-order chi connectivity index (χ0) is 17.8. The maximum absolute atomic E-state index is 12.4. The Kier molecular flexibility index (Phi) is 5.78. The lowest BCUT2D eigenvalue weighted by Gasteiger charge is -2.22. The third-order valence-corrected chi connectivity index (χ3v) is 4.78. The summed E-state index contributed by atoms with van der Waals surface area (Å²) in [7, 11) is 0. The molecule has 25 heavy (non-hydrogen) atoms. The summed E-state index contributed by atoms with van der Waals surface area (Å²) in [5.41, 5.74) is 2.03. The van der Waals surface area contributed by atoms with Crippen molar-refractivity contribution < 1.29 is 4.79 Å². The van der Waals surface area contributed by atoms with Crippen LogP contribution in [0.4, 0.5) is 4.79 Å². The van der Waals surface area contributed by atoms with Gasteiger partial charge in [0.15, 0.2) is 5.11 Å². The molecular formula is C18H17Cl2N3OS. The van der Waals surface area contributed by atoms with Gasteiger partial charge in [0.1, 0.15) is 0 Å². The quantitative estimate of drug-likeness (QED) is 0.786. The van der Waals surface area contributed by atoms with Crippen molar-refractivity contribution in [3.63, 3.8) is 0 Å². The van der Waals surface area contributed by atoms with E-state index in [4.69, 9.17) is 35.4 Å². The molecular weight excluding hydrogens is 377 g/mol. The smallest absolute Gasteiger partial charge is 0.323 e. The Labute approximate surface area is 162 Å². The first-order valence-corrected chi connectivity index (χ1v) is 9.01. The first kappa shape index (κ1) is 18.0. The topological polar surface area (TPSA) is 35.6 Å². The van der Waals surface area contributed by atoms with Crippen LogP contribution in [0.15, 0.2) is 48.5 Å². The number of thiocarbonyl (C=S) groups is 1. The van der Waals surface area contributed by atoms with E-state index >= 15 is 0 Å². The van der Waals surface area contributed by atoms with Crippen LogP contribution in [0.25, 0.3) is 0 Å². The molecule has 1 fully saturated rings. The third-order valence-electron chi connectivity index (χ3n) is 3.95. The van der Waals surface area contributed by atoms with Crippen LogP contribution in [0, 0.1) is 0 Å². The largest absolute Gasteiger partial charge is 0.343 e. The highest BCUT2D eigenvalue weighted by Gasteiger charge is 2.23. The molecule has 0 atom stereocenters. The van der Waals surface area contributed by atoms with Crippen molar-refractivity contribution in [3.05, 3.63) is 69.7 Å². The number of halogens is 2. The average Bonchev–Trinajstić information content (AvgIpc) is 2.68. The molecule has 1 N–H and O–H groups in total. The van der Waals surface area contributed by atoms with Crippen LogP contribution in [0.2, 0.25) is 10.0 Å². The fourth-order valence-corrected chi connectivity index (χ4v) is 3.38. The fourth-order valence-electron chi connectivity index (χ4n) is 2.71. The normalized spacial score (nSPS) is 15.1. The Balaban J connectivity index is 1.68. The van der Waals surface area contributed by atoms with E-state index in [9.17, 15) is 4.79 Å². The monoisotopic (exact) mass is 393 g/mol. The van der Waals surface area contributed by atoms with Crippen molar-refractivity contribution in [2.24, 2.45) is 0 Å². The second kappa shape index (κ2) is 8.04. The average molecular weight is 394 g/mol. The van der Waals surface area contributed by atoms with E-state index in [-0.39, 0.29) is 6.03 Å². The van der Waals surface area contributed by atoms with Gasteiger partial charge in [0, 0.05) is 36.2 Å². The van der Waals surface area contributed by atoms with Crippen molar-refractivity contribution in [1.29, 1.82) is 0 Å². The minimum absolute atomic E-state index is 0.196. The Morgan fingerprint density at radius 3 is 2.00 bits per heavy atom. The van der Waals surface area contributed by atoms with Gasteiger partial charge in [-0.1, -0.05) is 47.5 Å². The van der Waals surface area contributed by atoms with E-state index in [2.05, 4.69) is 5.32 Å². The molecule has 0 bridgehead atoms. The number of nitrogens with one attached hydrogen (secondary N) is 1. The van der Waals surface area contributed by atoms with Gasteiger partial charge in [0.05, 0.1) is 0 Å². The number of hydrogen-bond donors (Lipinski definition) is 1. The Morgan fingerprint density at radius 2 is 1.44 bits per heavy atom. The lowest BCUT2D eigenvalue weighted by molar-refractivity contribution is 0.201. The summed E-state index contributed by atoms with van der Waals surface area (Å²) in [4.78, 5) is 16.1. The number of nitrogens with zero attached hydrogens (tertiary/aromatic N) is 2. The number of carbonyl (C=O) groups is 1. The van der Waals surface area contributed by atoms with Crippen LogP contribution in [0.5, 0.6) is 0 Å². The molecule has 4 nitrogen and oxygen atoms in total. The summed E-state index contributed by atoms with van der Waals surface area (Å²) < 4.78 is 0. The lowest BCUT2D eigenvalue weighted by Crippen LogP contribution is -2.42. The highest BCUT2D eigenvalue weighted by molar-refractivity contribution is 7.80. The molecule has 1 heterocycles. The van der Waals surface area contributed by atoms with Crippen LogP contribution in [0.1, 0.15) is 11.1 Å². The molecule has 1 aliphatic heterocycles. The molecule has 2 aromatic carbocycles. The highest BCUT2D eigenvalue weighted by atomic mass is 35.5. The maximum Gasteiger partial charge on any atom is 0.323 e. The van der Waals surface area contributed by atoms with Gasteiger partial charge in [0.25, 0.3) is 0 Å². The van der Waals surface area contributed by atoms with Crippen LogP contribution >= 0.6 is 35.4 Å². The maximum atomic E-state index is 12.4. The number of rotatable bonds is 4. The van der Waals surface area contributed by atoms with Crippen LogP contribution < -0.4 is 5.32 Å². The molecule has 1 aliphatic rings. The van der Waals surface area contributed by atoms with Crippen LogP contribution in [-0.2, 0) is 13.1 Å². The van der Waals surface area contributed by atoms with Crippen molar-refractivity contribution in [2.75, 3.05) is 13.1 Å². The third kappa shape index (κ3) is 4.84. The molecule has 2 amide bonds. The van der Waals surface area contributed by atoms with Gasteiger partial charge >= 0.3 is 6.03 Å². The number of benzene rings is 2. The Morgan fingerprint density at radius 1 is 0.920 bits per heavy atom. The summed E-state index contributed by atoms with van der Waals surface area (Å²) >= 11 is 17.4. The predicted octanol–water partition coefficient (Wildman–Crippen LogP) is 4.31. The highest BCUT2D eigenvalue weighted by Crippen LogP contribution is 2.16. The minimum atomic E-state index is -0.196. The lowest BCUT2D eigenvalue weighted by atomic mass is 10.2. The van der Waals surface area contributed by atoms with E-state index in [1.807, 2.05) is 53.4 Å². The summed E-state index contributed by atoms with van der Waals surface area (Å²) in [5, 5.41) is 4.56. The van der Waals surface area contributed by atoms with E-state index in [1.165, 1.54) is 0 Å². The van der Waals surface area contributed by atoms with Gasteiger partial charge in [-0.2, -0.15) is 0 Å². The zero-order valence-corrected chi connectivity index (χ0v) is 15.7. The molecule has 0 spiro atoms. The van der Waals surface area contributed by atoms with Gasteiger partial charge in [-0.25, -0.2) is 4.79 Å². The summed E-state index contributed by atoms with van der Waals surface area (Å²) in [6, 6.07) is 14.9. The number of carbonyl (C=O) groups excluding carboxylic acids is 1. The SMILES string of the molecule is O=C1NC(=S)N(Cc2cccc(Cl)c2)CCN1Cc1cccc(Cl)c1. The first-order valence-electron chi connectivity index (χ1n) is 7.85. The van der Waals surface area contributed by atoms with Gasteiger partial charge in [0.2, 0.25) is 0 Å². The Bertz CT molecular complexity index is 734. The number of amides is 2. The van der Waals surface area contributed by atoms with Crippen LogP contribution in [-0.4, -0.2) is 34.0 Å². The molecule has 7 heteroatoms. The van der Waals surface area contributed by atoms with E-state index in [0.29, 0.717) is 41.3 Å². The van der Waals surface area contributed by atoms with Crippen LogP contribution in [0.3, 0.4) is 0 Å². The van der Waals surface area contributed by atoms with Gasteiger partial charge in [-0.15, -0.1) is 0 Å². The van der Waals surface area contributed by atoms with E-state index in [1.54, 1.807) is 4.90 Å². The van der Waals surface area contributed by atoms with Gasteiger partial charge < -0.3 is 9.80 Å². The van der Waals surface area contributed by atoms with Crippen molar-refractivity contribution in [2.45, 2.75) is 13.1 Å². The minimum Gasteiger partial charge on any atom is -0.343 e. The van der Waals surface area contributed by atoms with Crippen molar-refractivity contribution in [1.82, 2.24) is 15.1 Å². The van der Waals surface area contributed by atoms with Crippen molar-refractivity contribution >= 4 is 46.6 Å². The molecule has 0 unspecified atom stereocenters. The molecule has 0 aliphatic carbocycles. The number of urea groups is 1. The molecule has 0 aromatic heterocycles. The summed E-state index contributed by atoms with van der Waals surface area (Å²) in [5.74, 6) is 0. The fraction of sp³-hybridized carbons (Fsp3) is 0.222. The molecule has 1 saturated heterocycles. The molecule has 130 valence electrons. The predicted molar refractivity (Wildman–Crippen MR) is 105 cm³/mol. The molecule has 3 rings (SSSR count). The molecule has 0 radical (unpaired) electrons. The van der Waals surface area contributed by atoms with Gasteiger partial charge in [-0.3, -0.25) is 5.32 Å². The first-order chi connectivity index (χ1) is 12.0. The second-order valence-electron chi connectivity index (χ2n) is 5.84. The van der Waals surface area contributed by atoms with E-state index < -0.39 is 0 Å². The molecule has 0 saturated carbocycles. The van der Waals surface area contributed by atoms with Crippen molar-refractivity contribution in [3.8, 4) is 0 Å². The van der Waals surface area contributed by atoms with E-state index in [0.717, 1.165) is 11.1 Å². The zero-order valence-electron chi connectivity index (χ0n) is 13.4. The Hall–Kier alpha value is -1.82. The summed E-state index contributed by atoms with van der Waals surface area (Å²) in [6.45, 7) is 2.30. The summed E-state index contributed by atoms with van der Waals surface area (Å²) in [6.07, 6.45) is 0. The standard InChI is InChI=1S/C18H17Cl2N3OS/c19-15-5-1-3-13(9-15)11-22-7-8-23(18(25)21-17(22)24)12-14-4-2-6-16(20)10-14/h1-6,9-10H,7-8,11-12H2,(H,21,24,25). The number of hydrogen-bond acceptors (Lipinski definition) is 2. The van der Waals surface area contributed by atoms with Gasteiger partial charge in [-0.05, 0) is 47.6 Å². The molecule has 2 aromatic rings. The second-order valence-corrected chi connectivity index (χ2v) is 7.10.